The summed E-state index contributed by atoms with van der Waals surface area (Å²) in [6, 6.07) is 7.30. The van der Waals surface area contributed by atoms with Crippen LogP contribution in [0.1, 0.15) is 31.0 Å². The highest BCUT2D eigenvalue weighted by atomic mass is 35.5. The average molecular weight is 536 g/mol. The van der Waals surface area contributed by atoms with Crippen molar-refractivity contribution >= 4 is 46.4 Å². The van der Waals surface area contributed by atoms with Gasteiger partial charge in [-0.1, -0.05) is 11.6 Å². The number of fused-ring (bicyclic) bond motifs is 1. The lowest BCUT2D eigenvalue weighted by Gasteiger charge is -2.22. The first kappa shape index (κ1) is 25.3. The fourth-order valence-corrected chi connectivity index (χ4v) is 4.65. The van der Waals surface area contributed by atoms with Crippen LogP contribution < -0.4 is 26.2 Å². The van der Waals surface area contributed by atoms with Crippen LogP contribution >= 0.6 is 11.6 Å². The molecular weight excluding hydrogens is 510 g/mol. The molecule has 3 aromatic rings. The minimum Gasteiger partial charge on any atom is -0.377 e. The lowest BCUT2D eigenvalue weighted by molar-refractivity contribution is 0.0992. The molecule has 2 amide bonds. The van der Waals surface area contributed by atoms with Crippen molar-refractivity contribution in [1.29, 1.82) is 10.5 Å². The van der Waals surface area contributed by atoms with Gasteiger partial charge in [0, 0.05) is 32.8 Å². The second kappa shape index (κ2) is 10.6. The van der Waals surface area contributed by atoms with Gasteiger partial charge >= 0.3 is 6.03 Å². The molecule has 1 aromatic carbocycles. The van der Waals surface area contributed by atoms with Gasteiger partial charge in [-0.05, 0) is 31.9 Å². The third-order valence-corrected chi connectivity index (χ3v) is 6.78. The highest BCUT2D eigenvalue weighted by Crippen LogP contribution is 2.38. The molecule has 1 aliphatic heterocycles. The summed E-state index contributed by atoms with van der Waals surface area (Å²) < 4.78 is 7.03. The highest BCUT2D eigenvalue weighted by molar-refractivity contribution is 6.36. The summed E-state index contributed by atoms with van der Waals surface area (Å²) in [5, 5.41) is 36.1. The Hall–Kier alpha value is -4.33. The summed E-state index contributed by atoms with van der Waals surface area (Å²) in [5.41, 5.74) is 2.11. The monoisotopic (exact) mass is 535 g/mol. The van der Waals surface area contributed by atoms with Crippen LogP contribution in [0.4, 0.5) is 27.9 Å². The number of anilines is 4. The van der Waals surface area contributed by atoms with E-state index in [0.29, 0.717) is 59.1 Å². The van der Waals surface area contributed by atoms with Crippen molar-refractivity contribution in [3.8, 4) is 12.1 Å². The van der Waals surface area contributed by atoms with Gasteiger partial charge in [-0.15, -0.1) is 5.10 Å². The number of hydrogen-bond acceptors (Lipinski definition) is 10. The molecular formula is C24H26ClN11O2. The third kappa shape index (κ3) is 5.07. The minimum atomic E-state index is -0.280. The number of nitrogens with one attached hydrogen (secondary N) is 4. The summed E-state index contributed by atoms with van der Waals surface area (Å²) in [6.07, 6.45) is 3.22. The van der Waals surface area contributed by atoms with Gasteiger partial charge in [-0.25, -0.2) is 9.78 Å². The number of rotatable bonds is 8. The molecule has 2 aromatic heterocycles. The zero-order chi connectivity index (χ0) is 26.8. The number of carbonyl (C=O) groups is 1. The lowest BCUT2D eigenvalue weighted by Crippen LogP contribution is -2.48. The Bertz CT molecular complexity index is 1460. The van der Waals surface area contributed by atoms with Crippen molar-refractivity contribution in [2.75, 3.05) is 42.3 Å². The summed E-state index contributed by atoms with van der Waals surface area (Å²) in [7, 11) is 1.59. The van der Waals surface area contributed by atoms with Crippen molar-refractivity contribution < 1.29 is 9.53 Å². The minimum absolute atomic E-state index is 0.185. The third-order valence-electron chi connectivity index (χ3n) is 6.39. The van der Waals surface area contributed by atoms with E-state index in [1.54, 1.807) is 19.2 Å². The smallest absolute Gasteiger partial charge is 0.315 e. The highest BCUT2D eigenvalue weighted by Gasteiger charge is 2.35. The van der Waals surface area contributed by atoms with E-state index in [4.69, 9.17) is 16.3 Å². The summed E-state index contributed by atoms with van der Waals surface area (Å²) >= 11 is 6.85. The largest absolute Gasteiger partial charge is 0.377 e. The van der Waals surface area contributed by atoms with Crippen LogP contribution in [-0.4, -0.2) is 70.5 Å². The Morgan fingerprint density at radius 1 is 1.26 bits per heavy atom. The second-order valence-electron chi connectivity index (χ2n) is 9.08. The number of nitriles is 2. The van der Waals surface area contributed by atoms with Crippen LogP contribution in [0.25, 0.3) is 5.65 Å². The van der Waals surface area contributed by atoms with Gasteiger partial charge in [-0.2, -0.15) is 20.0 Å². The van der Waals surface area contributed by atoms with Gasteiger partial charge in [0.2, 0.25) is 5.95 Å². The first-order valence-electron chi connectivity index (χ1n) is 12.2. The van der Waals surface area contributed by atoms with Gasteiger partial charge in [0.1, 0.15) is 6.07 Å². The molecule has 196 valence electrons. The fraction of sp³-hybridized carbons (Fsp3) is 0.417. The van der Waals surface area contributed by atoms with E-state index in [-0.39, 0.29) is 29.8 Å². The number of carbonyl (C=O) groups excluding carboxylic acids is 1. The van der Waals surface area contributed by atoms with Gasteiger partial charge < -0.3 is 30.9 Å². The van der Waals surface area contributed by atoms with Gasteiger partial charge in [0.05, 0.1) is 46.4 Å². The SMILES string of the molecule is CCNC(=O)N[C@H]1CN(c2cc(C#N)cc(Nc3nc(NC4CC4)c4ncc(C#N)n4n3)c2Cl)C[C@H]1OC. The van der Waals surface area contributed by atoms with Gasteiger partial charge in [0.15, 0.2) is 17.2 Å². The maximum absolute atomic E-state index is 12.1. The van der Waals surface area contributed by atoms with Crippen LogP contribution in [0.3, 0.4) is 0 Å². The Kier molecular flexibility index (Phi) is 7.05. The van der Waals surface area contributed by atoms with Crippen molar-refractivity contribution in [2.45, 2.75) is 38.0 Å². The normalized spacial score (nSPS) is 18.6. The van der Waals surface area contributed by atoms with Crippen LogP contribution in [0.2, 0.25) is 5.02 Å². The molecule has 0 bridgehead atoms. The van der Waals surface area contributed by atoms with E-state index in [2.05, 4.69) is 48.5 Å². The summed E-state index contributed by atoms with van der Waals surface area (Å²) in [5.74, 6) is 0.686. The fourth-order valence-electron chi connectivity index (χ4n) is 4.37. The molecule has 5 rings (SSSR count). The van der Waals surface area contributed by atoms with Crippen molar-refractivity contribution in [3.63, 3.8) is 0 Å². The molecule has 2 atom stereocenters. The molecule has 0 spiro atoms. The Morgan fingerprint density at radius 2 is 2.08 bits per heavy atom. The number of benzene rings is 1. The maximum Gasteiger partial charge on any atom is 0.315 e. The van der Waals surface area contributed by atoms with E-state index in [1.165, 1.54) is 10.7 Å². The molecule has 1 saturated carbocycles. The number of ether oxygens (including phenoxy) is 1. The molecule has 1 saturated heterocycles. The Labute approximate surface area is 223 Å². The maximum atomic E-state index is 12.1. The first-order valence-corrected chi connectivity index (χ1v) is 12.6. The van der Waals surface area contributed by atoms with Crippen LogP contribution in [0, 0.1) is 22.7 Å². The molecule has 2 fully saturated rings. The van der Waals surface area contributed by atoms with Crippen molar-refractivity contribution in [3.05, 3.63) is 34.6 Å². The van der Waals surface area contributed by atoms with Crippen LogP contribution in [-0.2, 0) is 4.74 Å². The molecule has 3 heterocycles. The van der Waals surface area contributed by atoms with Crippen molar-refractivity contribution in [2.24, 2.45) is 0 Å². The number of nitrogens with zero attached hydrogens (tertiary/aromatic N) is 7. The number of aromatic nitrogens is 4. The van der Waals surface area contributed by atoms with Gasteiger partial charge in [-0.3, -0.25) is 0 Å². The lowest BCUT2D eigenvalue weighted by atomic mass is 10.1. The predicted molar refractivity (Wildman–Crippen MR) is 141 cm³/mol. The summed E-state index contributed by atoms with van der Waals surface area (Å²) in [6.45, 7) is 3.24. The first-order chi connectivity index (χ1) is 18.4. The van der Waals surface area contributed by atoms with E-state index in [0.717, 1.165) is 12.8 Å². The molecule has 1 aliphatic carbocycles. The molecule has 2 aliphatic rings. The Morgan fingerprint density at radius 3 is 2.76 bits per heavy atom. The number of imidazole rings is 1. The zero-order valence-electron chi connectivity index (χ0n) is 20.8. The van der Waals surface area contributed by atoms with E-state index < -0.39 is 0 Å². The number of amides is 2. The van der Waals surface area contributed by atoms with Crippen LogP contribution in [0.5, 0.6) is 0 Å². The zero-order valence-corrected chi connectivity index (χ0v) is 21.6. The molecule has 0 unspecified atom stereocenters. The topological polar surface area (TPSA) is 168 Å². The van der Waals surface area contributed by atoms with E-state index in [9.17, 15) is 15.3 Å². The quantitative estimate of drug-likeness (QED) is 0.336. The molecule has 4 N–H and O–H groups in total. The van der Waals surface area contributed by atoms with Crippen LogP contribution in [0.15, 0.2) is 18.3 Å². The molecule has 0 radical (unpaired) electrons. The number of urea groups is 1. The molecule has 14 heteroatoms. The molecule has 38 heavy (non-hydrogen) atoms. The average Bonchev–Trinajstić information content (AvgIpc) is 3.48. The number of hydrogen-bond donors (Lipinski definition) is 4. The molecule has 13 nitrogen and oxygen atoms in total. The standard InChI is InChI=1S/C24H26ClN11O2/c1-3-28-24(37)32-17-11-35(12-19(17)38-2)18-7-13(8-26)6-16(20(18)25)31-23-33-21(30-14-4-5-14)22-29-10-15(9-27)36(22)34-23/h6-7,10,14,17,19H,3-5,11-12H2,1-2H3,(H2,28,32,37)(H2,30,31,33,34)/t17-,19+/m0/s1. The Balaban J connectivity index is 1.47. The van der Waals surface area contributed by atoms with Gasteiger partial charge in [0.25, 0.3) is 0 Å². The number of halogens is 1. The second-order valence-corrected chi connectivity index (χ2v) is 9.45. The van der Waals surface area contributed by atoms with Crippen molar-refractivity contribution in [1.82, 2.24) is 30.2 Å². The van der Waals surface area contributed by atoms with E-state index >= 15 is 0 Å². The summed E-state index contributed by atoms with van der Waals surface area (Å²) in [4.78, 5) is 23.0. The predicted octanol–water partition coefficient (Wildman–Crippen LogP) is 2.36. The van der Waals surface area contributed by atoms with E-state index in [1.807, 2.05) is 11.8 Å². The number of methoxy groups -OCH3 is 1.